The number of rotatable bonds is 6. The lowest BCUT2D eigenvalue weighted by Gasteiger charge is -2.26. The van der Waals surface area contributed by atoms with Crippen molar-refractivity contribution in [3.05, 3.63) is 35.9 Å². The first-order valence-electron chi connectivity index (χ1n) is 6.79. The van der Waals surface area contributed by atoms with Crippen molar-refractivity contribution in [2.24, 2.45) is 0 Å². The van der Waals surface area contributed by atoms with Gasteiger partial charge in [-0.3, -0.25) is 0 Å². The zero-order chi connectivity index (χ0) is 12.6. The average molecular weight is 249 g/mol. The second-order valence-electron chi connectivity index (χ2n) is 4.82. The summed E-state index contributed by atoms with van der Waals surface area (Å²) < 4.78 is 11.0. The summed E-state index contributed by atoms with van der Waals surface area (Å²) in [7, 11) is 1.74. The number of ether oxygens (including phenoxy) is 2. The van der Waals surface area contributed by atoms with Gasteiger partial charge in [-0.2, -0.15) is 0 Å². The Morgan fingerprint density at radius 3 is 2.83 bits per heavy atom. The second-order valence-corrected chi connectivity index (χ2v) is 4.82. The molecule has 1 N–H and O–H groups in total. The van der Waals surface area contributed by atoms with Gasteiger partial charge in [-0.15, -0.1) is 0 Å². The minimum atomic E-state index is 0.252. The minimum Gasteiger partial charge on any atom is -0.383 e. The van der Waals surface area contributed by atoms with E-state index in [2.05, 4.69) is 29.6 Å². The summed E-state index contributed by atoms with van der Waals surface area (Å²) in [5.41, 5.74) is 1.27. The molecule has 1 aliphatic heterocycles. The first-order chi connectivity index (χ1) is 8.90. The van der Waals surface area contributed by atoms with Crippen LogP contribution in [0.3, 0.4) is 0 Å². The number of nitrogens with one attached hydrogen (secondary N) is 1. The fraction of sp³-hybridized carbons (Fsp3) is 0.600. The maximum atomic E-state index is 5.74. The highest BCUT2D eigenvalue weighted by atomic mass is 16.5. The van der Waals surface area contributed by atoms with E-state index in [0.717, 1.165) is 13.2 Å². The lowest BCUT2D eigenvalue weighted by molar-refractivity contribution is 0.0134. The predicted octanol–water partition coefficient (Wildman–Crippen LogP) is 2.53. The first kappa shape index (κ1) is 13.5. The Hall–Kier alpha value is -0.900. The molecule has 0 bridgehead atoms. The largest absolute Gasteiger partial charge is 0.383 e. The van der Waals surface area contributed by atoms with E-state index < -0.39 is 0 Å². The van der Waals surface area contributed by atoms with E-state index in [1.54, 1.807) is 7.11 Å². The molecule has 3 nitrogen and oxygen atoms in total. The zero-order valence-electron chi connectivity index (χ0n) is 11.1. The van der Waals surface area contributed by atoms with Crippen LogP contribution in [-0.2, 0) is 9.47 Å². The molecule has 1 heterocycles. The van der Waals surface area contributed by atoms with Crippen molar-refractivity contribution in [1.82, 2.24) is 5.32 Å². The highest BCUT2D eigenvalue weighted by Gasteiger charge is 2.16. The smallest absolute Gasteiger partial charge is 0.0699 e. The van der Waals surface area contributed by atoms with E-state index in [0.29, 0.717) is 12.7 Å². The summed E-state index contributed by atoms with van der Waals surface area (Å²) in [6, 6.07) is 10.7. The summed E-state index contributed by atoms with van der Waals surface area (Å²) in [6.07, 6.45) is 4.02. The molecule has 1 aromatic carbocycles. The molecule has 2 atom stereocenters. The van der Waals surface area contributed by atoms with Crippen molar-refractivity contribution in [3.63, 3.8) is 0 Å². The Labute approximate surface area is 109 Å². The first-order valence-corrected chi connectivity index (χ1v) is 6.79. The van der Waals surface area contributed by atoms with Gasteiger partial charge in [0.2, 0.25) is 0 Å². The Morgan fingerprint density at radius 1 is 1.33 bits per heavy atom. The van der Waals surface area contributed by atoms with Gasteiger partial charge in [0.1, 0.15) is 0 Å². The number of hydrogen-bond donors (Lipinski definition) is 1. The Balaban J connectivity index is 1.86. The molecule has 0 spiro atoms. The Kier molecular flexibility index (Phi) is 5.65. The van der Waals surface area contributed by atoms with Crippen LogP contribution < -0.4 is 5.32 Å². The van der Waals surface area contributed by atoms with Crippen LogP contribution in [0.15, 0.2) is 30.3 Å². The molecular formula is C15H23NO2. The second kappa shape index (κ2) is 7.52. The third kappa shape index (κ3) is 4.09. The normalized spacial score (nSPS) is 21.7. The van der Waals surface area contributed by atoms with Gasteiger partial charge in [-0.25, -0.2) is 0 Å². The summed E-state index contributed by atoms with van der Waals surface area (Å²) in [5.74, 6) is 0. The molecule has 0 aliphatic carbocycles. The Morgan fingerprint density at radius 2 is 2.17 bits per heavy atom. The number of hydrogen-bond acceptors (Lipinski definition) is 3. The van der Waals surface area contributed by atoms with Crippen LogP contribution in [0.4, 0.5) is 0 Å². The zero-order valence-corrected chi connectivity index (χ0v) is 11.1. The molecule has 100 valence electrons. The van der Waals surface area contributed by atoms with Crippen LogP contribution in [-0.4, -0.2) is 33.0 Å². The molecule has 0 unspecified atom stereocenters. The van der Waals surface area contributed by atoms with Crippen LogP contribution in [0, 0.1) is 0 Å². The lowest BCUT2D eigenvalue weighted by atomic mass is 10.1. The van der Waals surface area contributed by atoms with Crippen molar-refractivity contribution in [3.8, 4) is 0 Å². The monoisotopic (exact) mass is 249 g/mol. The maximum Gasteiger partial charge on any atom is 0.0699 e. The van der Waals surface area contributed by atoms with E-state index in [9.17, 15) is 0 Å². The molecule has 1 fully saturated rings. The standard InChI is InChI=1S/C15H23NO2/c1-17-12-15(13-7-3-2-4-8-13)16-11-14-9-5-6-10-18-14/h2-4,7-8,14-16H,5-6,9-12H2,1H3/t14-,15+/m1/s1. The third-order valence-electron chi connectivity index (χ3n) is 3.40. The molecule has 1 saturated heterocycles. The molecule has 3 heteroatoms. The molecule has 0 saturated carbocycles. The topological polar surface area (TPSA) is 30.5 Å². The molecule has 1 aliphatic rings. The maximum absolute atomic E-state index is 5.74. The minimum absolute atomic E-state index is 0.252. The van der Waals surface area contributed by atoms with Gasteiger partial charge in [0, 0.05) is 20.3 Å². The van der Waals surface area contributed by atoms with Gasteiger partial charge < -0.3 is 14.8 Å². The molecule has 0 aromatic heterocycles. The van der Waals surface area contributed by atoms with Gasteiger partial charge >= 0.3 is 0 Å². The number of benzene rings is 1. The molecular weight excluding hydrogens is 226 g/mol. The third-order valence-corrected chi connectivity index (χ3v) is 3.40. The van der Waals surface area contributed by atoms with Crippen LogP contribution in [0.25, 0.3) is 0 Å². The summed E-state index contributed by atoms with van der Waals surface area (Å²) in [5, 5.41) is 3.56. The van der Waals surface area contributed by atoms with Crippen LogP contribution >= 0.6 is 0 Å². The Bertz CT molecular complexity index is 323. The van der Waals surface area contributed by atoms with Crippen molar-refractivity contribution in [2.75, 3.05) is 26.9 Å². The van der Waals surface area contributed by atoms with E-state index >= 15 is 0 Å². The van der Waals surface area contributed by atoms with Crippen molar-refractivity contribution in [1.29, 1.82) is 0 Å². The van der Waals surface area contributed by atoms with Crippen LogP contribution in [0.2, 0.25) is 0 Å². The van der Waals surface area contributed by atoms with Gasteiger partial charge in [0.05, 0.1) is 18.8 Å². The molecule has 0 radical (unpaired) electrons. The quantitative estimate of drug-likeness (QED) is 0.840. The average Bonchev–Trinajstić information content (AvgIpc) is 2.45. The highest BCUT2D eigenvalue weighted by Crippen LogP contribution is 2.16. The SMILES string of the molecule is COC[C@H](NC[C@H]1CCCCO1)c1ccccc1. The summed E-state index contributed by atoms with van der Waals surface area (Å²) >= 11 is 0. The summed E-state index contributed by atoms with van der Waals surface area (Å²) in [6.45, 7) is 2.51. The molecule has 2 rings (SSSR count). The van der Waals surface area contributed by atoms with E-state index in [1.165, 1.54) is 24.8 Å². The summed E-state index contributed by atoms with van der Waals surface area (Å²) in [4.78, 5) is 0. The van der Waals surface area contributed by atoms with Crippen LogP contribution in [0.5, 0.6) is 0 Å². The van der Waals surface area contributed by atoms with E-state index in [1.807, 2.05) is 6.07 Å². The van der Waals surface area contributed by atoms with Crippen molar-refractivity contribution in [2.45, 2.75) is 31.4 Å². The number of methoxy groups -OCH3 is 1. The van der Waals surface area contributed by atoms with Gasteiger partial charge in [-0.05, 0) is 24.8 Å². The highest BCUT2D eigenvalue weighted by molar-refractivity contribution is 5.18. The lowest BCUT2D eigenvalue weighted by Crippen LogP contribution is -2.35. The molecule has 18 heavy (non-hydrogen) atoms. The van der Waals surface area contributed by atoms with Crippen molar-refractivity contribution >= 4 is 0 Å². The fourth-order valence-electron chi connectivity index (χ4n) is 2.37. The van der Waals surface area contributed by atoms with E-state index in [4.69, 9.17) is 9.47 Å². The van der Waals surface area contributed by atoms with Gasteiger partial charge in [0.15, 0.2) is 0 Å². The van der Waals surface area contributed by atoms with Gasteiger partial charge in [-0.1, -0.05) is 30.3 Å². The fourth-order valence-corrected chi connectivity index (χ4v) is 2.37. The van der Waals surface area contributed by atoms with Crippen LogP contribution in [0.1, 0.15) is 30.9 Å². The van der Waals surface area contributed by atoms with Gasteiger partial charge in [0.25, 0.3) is 0 Å². The molecule has 1 aromatic rings. The predicted molar refractivity (Wildman–Crippen MR) is 72.7 cm³/mol. The van der Waals surface area contributed by atoms with E-state index in [-0.39, 0.29) is 6.04 Å². The van der Waals surface area contributed by atoms with Crippen molar-refractivity contribution < 1.29 is 9.47 Å². The molecule has 0 amide bonds.